The molecule has 0 aromatic carbocycles. The number of nitrogens with one attached hydrogen (secondary N) is 1. The van der Waals surface area contributed by atoms with Crippen LogP contribution >= 0.6 is 0 Å². The van der Waals surface area contributed by atoms with Crippen molar-refractivity contribution in [2.75, 3.05) is 13.2 Å². The van der Waals surface area contributed by atoms with Gasteiger partial charge in [-0.25, -0.2) is 0 Å². The van der Waals surface area contributed by atoms with Crippen LogP contribution in [0.4, 0.5) is 0 Å². The van der Waals surface area contributed by atoms with E-state index in [1.807, 2.05) is 0 Å². The molecule has 0 amide bonds. The Morgan fingerprint density at radius 3 is 2.50 bits per heavy atom. The van der Waals surface area contributed by atoms with Crippen molar-refractivity contribution in [3.8, 4) is 0 Å². The predicted octanol–water partition coefficient (Wildman–Crippen LogP) is 2.72. The molecular formula is C12H25NO. The number of hydrogen-bond donors (Lipinski definition) is 1. The summed E-state index contributed by atoms with van der Waals surface area (Å²) < 4.78 is 5.62. The Morgan fingerprint density at radius 2 is 1.93 bits per heavy atom. The summed E-state index contributed by atoms with van der Waals surface area (Å²) in [4.78, 5) is 0. The molecule has 1 unspecified atom stereocenters. The molecule has 0 radical (unpaired) electrons. The normalized spacial score (nSPS) is 21.0. The van der Waals surface area contributed by atoms with Gasteiger partial charge in [-0.3, -0.25) is 0 Å². The molecule has 2 nitrogen and oxygen atoms in total. The second-order valence-corrected chi connectivity index (χ2v) is 4.23. The quantitative estimate of drug-likeness (QED) is 0.710. The second kappa shape index (κ2) is 7.24. The summed E-state index contributed by atoms with van der Waals surface area (Å²) in [6, 6.07) is 0.762. The lowest BCUT2D eigenvalue weighted by Gasteiger charge is -2.25. The first-order valence-corrected chi connectivity index (χ1v) is 6.21. The first-order valence-electron chi connectivity index (χ1n) is 6.21. The van der Waals surface area contributed by atoms with Gasteiger partial charge < -0.3 is 10.1 Å². The molecule has 1 saturated carbocycles. The fraction of sp³-hybridized carbons (Fsp3) is 1.00. The van der Waals surface area contributed by atoms with Crippen molar-refractivity contribution in [3.05, 3.63) is 0 Å². The molecule has 0 heterocycles. The van der Waals surface area contributed by atoms with Crippen LogP contribution in [0.1, 0.15) is 52.4 Å². The van der Waals surface area contributed by atoms with Crippen LogP contribution in [0, 0.1) is 0 Å². The van der Waals surface area contributed by atoms with E-state index in [0.29, 0.717) is 6.10 Å². The van der Waals surface area contributed by atoms with Crippen molar-refractivity contribution in [3.63, 3.8) is 0 Å². The molecule has 1 aliphatic rings. The molecule has 1 aliphatic carbocycles. The SMILES string of the molecule is CCOC(CC)CNC1CCCCC1. The molecule has 1 rings (SSSR count). The van der Waals surface area contributed by atoms with Crippen molar-refractivity contribution in [2.24, 2.45) is 0 Å². The summed E-state index contributed by atoms with van der Waals surface area (Å²) in [6.07, 6.45) is 8.51. The third-order valence-corrected chi connectivity index (χ3v) is 3.10. The number of hydrogen-bond acceptors (Lipinski definition) is 2. The zero-order valence-electron chi connectivity index (χ0n) is 9.72. The van der Waals surface area contributed by atoms with Crippen molar-refractivity contribution < 1.29 is 4.74 Å². The number of rotatable bonds is 6. The predicted molar refractivity (Wildman–Crippen MR) is 60.6 cm³/mol. The Bertz CT molecular complexity index is 128. The second-order valence-electron chi connectivity index (χ2n) is 4.23. The van der Waals surface area contributed by atoms with Gasteiger partial charge in [0.15, 0.2) is 0 Å². The fourth-order valence-electron chi connectivity index (χ4n) is 2.16. The first kappa shape index (κ1) is 12.0. The lowest BCUT2D eigenvalue weighted by Crippen LogP contribution is -2.37. The van der Waals surface area contributed by atoms with Gasteiger partial charge in [0.1, 0.15) is 0 Å². The average Bonchev–Trinajstić information content (AvgIpc) is 2.25. The Hall–Kier alpha value is -0.0800. The molecule has 0 saturated heterocycles. The molecule has 0 spiro atoms. The molecular weight excluding hydrogens is 174 g/mol. The van der Waals surface area contributed by atoms with E-state index in [9.17, 15) is 0 Å². The van der Waals surface area contributed by atoms with E-state index in [1.165, 1.54) is 32.1 Å². The van der Waals surface area contributed by atoms with E-state index in [2.05, 4.69) is 19.2 Å². The molecule has 0 aliphatic heterocycles. The number of ether oxygens (including phenoxy) is 1. The monoisotopic (exact) mass is 199 g/mol. The van der Waals surface area contributed by atoms with Crippen LogP contribution in [-0.2, 0) is 4.74 Å². The van der Waals surface area contributed by atoms with E-state index >= 15 is 0 Å². The highest BCUT2D eigenvalue weighted by atomic mass is 16.5. The van der Waals surface area contributed by atoms with Crippen LogP contribution in [0.15, 0.2) is 0 Å². The zero-order valence-corrected chi connectivity index (χ0v) is 9.72. The van der Waals surface area contributed by atoms with Crippen molar-refractivity contribution >= 4 is 0 Å². The van der Waals surface area contributed by atoms with Crippen LogP contribution in [0.3, 0.4) is 0 Å². The van der Waals surface area contributed by atoms with Crippen LogP contribution in [0.25, 0.3) is 0 Å². The van der Waals surface area contributed by atoms with E-state index in [1.54, 1.807) is 0 Å². The van der Waals surface area contributed by atoms with E-state index in [0.717, 1.165) is 25.6 Å². The van der Waals surface area contributed by atoms with Gasteiger partial charge in [0.05, 0.1) is 6.10 Å². The highest BCUT2D eigenvalue weighted by molar-refractivity contribution is 4.73. The Balaban J connectivity index is 2.10. The van der Waals surface area contributed by atoms with Gasteiger partial charge in [0, 0.05) is 19.2 Å². The Morgan fingerprint density at radius 1 is 1.21 bits per heavy atom. The maximum Gasteiger partial charge on any atom is 0.0696 e. The van der Waals surface area contributed by atoms with Gasteiger partial charge in [0.2, 0.25) is 0 Å². The van der Waals surface area contributed by atoms with E-state index in [-0.39, 0.29) is 0 Å². The van der Waals surface area contributed by atoms with Gasteiger partial charge in [-0.15, -0.1) is 0 Å². The summed E-state index contributed by atoms with van der Waals surface area (Å²) in [7, 11) is 0. The molecule has 2 heteroatoms. The summed E-state index contributed by atoms with van der Waals surface area (Å²) in [5, 5.41) is 3.63. The minimum atomic E-state index is 0.418. The van der Waals surface area contributed by atoms with E-state index in [4.69, 9.17) is 4.74 Å². The van der Waals surface area contributed by atoms with E-state index < -0.39 is 0 Å². The third-order valence-electron chi connectivity index (χ3n) is 3.10. The minimum absolute atomic E-state index is 0.418. The van der Waals surface area contributed by atoms with Crippen molar-refractivity contribution in [1.82, 2.24) is 5.32 Å². The van der Waals surface area contributed by atoms with Gasteiger partial charge >= 0.3 is 0 Å². The zero-order chi connectivity index (χ0) is 10.2. The van der Waals surface area contributed by atoms with Crippen molar-refractivity contribution in [1.29, 1.82) is 0 Å². The molecule has 0 bridgehead atoms. The average molecular weight is 199 g/mol. The Kier molecular flexibility index (Phi) is 6.20. The summed E-state index contributed by atoms with van der Waals surface area (Å²) in [5.74, 6) is 0. The van der Waals surface area contributed by atoms with Gasteiger partial charge in [0.25, 0.3) is 0 Å². The van der Waals surface area contributed by atoms with Crippen LogP contribution in [0.2, 0.25) is 0 Å². The molecule has 1 atom stereocenters. The van der Waals surface area contributed by atoms with Gasteiger partial charge in [-0.2, -0.15) is 0 Å². The molecule has 1 N–H and O–H groups in total. The summed E-state index contributed by atoms with van der Waals surface area (Å²) >= 11 is 0. The van der Waals surface area contributed by atoms with Crippen molar-refractivity contribution in [2.45, 2.75) is 64.5 Å². The summed E-state index contributed by atoms with van der Waals surface area (Å²) in [5.41, 5.74) is 0. The lowest BCUT2D eigenvalue weighted by atomic mass is 9.95. The van der Waals surface area contributed by atoms with Crippen LogP contribution in [-0.4, -0.2) is 25.3 Å². The van der Waals surface area contributed by atoms with Crippen LogP contribution in [0.5, 0.6) is 0 Å². The highest BCUT2D eigenvalue weighted by Gasteiger charge is 2.14. The molecule has 84 valence electrons. The minimum Gasteiger partial charge on any atom is -0.377 e. The highest BCUT2D eigenvalue weighted by Crippen LogP contribution is 2.17. The van der Waals surface area contributed by atoms with Crippen LogP contribution < -0.4 is 5.32 Å². The first-order chi connectivity index (χ1) is 6.86. The standard InChI is InChI=1S/C12H25NO/c1-3-12(14-4-2)10-13-11-8-6-5-7-9-11/h11-13H,3-10H2,1-2H3. The van der Waals surface area contributed by atoms with Gasteiger partial charge in [-0.05, 0) is 26.2 Å². The van der Waals surface area contributed by atoms with Gasteiger partial charge in [-0.1, -0.05) is 26.2 Å². The maximum atomic E-state index is 5.62. The summed E-state index contributed by atoms with van der Waals surface area (Å²) in [6.45, 7) is 6.14. The molecule has 0 aromatic rings. The molecule has 1 fully saturated rings. The topological polar surface area (TPSA) is 21.3 Å². The smallest absolute Gasteiger partial charge is 0.0696 e. The Labute approximate surface area is 88.4 Å². The third kappa shape index (κ3) is 4.43. The maximum absolute atomic E-state index is 5.62. The molecule has 14 heavy (non-hydrogen) atoms. The fourth-order valence-corrected chi connectivity index (χ4v) is 2.16. The largest absolute Gasteiger partial charge is 0.377 e. The lowest BCUT2D eigenvalue weighted by molar-refractivity contribution is 0.0571. The molecule has 0 aromatic heterocycles.